The van der Waals surface area contributed by atoms with E-state index in [4.69, 9.17) is 27.5 Å². The molecule has 0 fully saturated rings. The SMILES string of the molecule is NC(=O)N(Cc1cn(-c2cc3nc(C(=O)O)c(=O)[nH]c3cc2Cl)cn1)c1ccc(C(=O)O)cc1. The number of amides is 2. The van der Waals surface area contributed by atoms with Gasteiger partial charge in [0.2, 0.25) is 5.69 Å². The summed E-state index contributed by atoms with van der Waals surface area (Å²) in [5.41, 5.74) is 5.72. The number of benzene rings is 2. The zero-order valence-corrected chi connectivity index (χ0v) is 17.9. The van der Waals surface area contributed by atoms with Gasteiger partial charge in [-0.05, 0) is 36.4 Å². The van der Waals surface area contributed by atoms with Crippen LogP contribution in [0.1, 0.15) is 26.5 Å². The Morgan fingerprint density at radius 2 is 1.82 bits per heavy atom. The number of carbonyl (C=O) groups is 3. The second-order valence-electron chi connectivity index (χ2n) is 7.09. The molecule has 0 aliphatic rings. The highest BCUT2D eigenvalue weighted by molar-refractivity contribution is 6.33. The number of nitrogens with one attached hydrogen (secondary N) is 1. The minimum Gasteiger partial charge on any atom is -0.478 e. The molecule has 2 aromatic heterocycles. The van der Waals surface area contributed by atoms with E-state index in [1.165, 1.54) is 52.2 Å². The van der Waals surface area contributed by atoms with Gasteiger partial charge in [-0.1, -0.05) is 11.6 Å². The van der Waals surface area contributed by atoms with Crippen LogP contribution in [0.3, 0.4) is 0 Å². The molecular formula is C21H15ClN6O6. The lowest BCUT2D eigenvalue weighted by molar-refractivity contribution is 0.0681. The molecule has 0 radical (unpaired) electrons. The van der Waals surface area contributed by atoms with E-state index < -0.39 is 29.2 Å². The van der Waals surface area contributed by atoms with Crippen molar-refractivity contribution in [3.8, 4) is 5.69 Å². The molecule has 5 N–H and O–H groups in total. The number of aromatic amines is 1. The van der Waals surface area contributed by atoms with Gasteiger partial charge in [-0.2, -0.15) is 0 Å². The lowest BCUT2D eigenvalue weighted by Crippen LogP contribution is -2.35. The molecule has 0 spiro atoms. The van der Waals surface area contributed by atoms with Crippen LogP contribution in [0.15, 0.2) is 53.7 Å². The highest BCUT2D eigenvalue weighted by Gasteiger charge is 2.17. The number of aromatic carboxylic acids is 2. The minimum absolute atomic E-state index is 0.0192. The first kappa shape index (κ1) is 22.5. The summed E-state index contributed by atoms with van der Waals surface area (Å²) in [5.74, 6) is -2.57. The highest BCUT2D eigenvalue weighted by Crippen LogP contribution is 2.26. The second-order valence-corrected chi connectivity index (χ2v) is 7.50. The van der Waals surface area contributed by atoms with Crippen molar-refractivity contribution in [3.05, 3.63) is 81.3 Å². The molecule has 4 rings (SSSR count). The number of primary amides is 1. The first-order valence-corrected chi connectivity index (χ1v) is 9.92. The van der Waals surface area contributed by atoms with E-state index in [0.717, 1.165) is 0 Å². The molecule has 0 aliphatic carbocycles. The minimum atomic E-state index is -1.47. The van der Waals surface area contributed by atoms with E-state index in [2.05, 4.69) is 15.0 Å². The number of carboxylic acids is 2. The summed E-state index contributed by atoms with van der Waals surface area (Å²) in [4.78, 5) is 57.9. The third kappa shape index (κ3) is 4.29. The van der Waals surface area contributed by atoms with E-state index in [1.807, 2.05) is 0 Å². The smallest absolute Gasteiger partial charge is 0.360 e. The van der Waals surface area contributed by atoms with E-state index in [9.17, 15) is 19.2 Å². The molecule has 4 aromatic rings. The van der Waals surface area contributed by atoms with Crippen LogP contribution in [0.25, 0.3) is 16.7 Å². The molecule has 34 heavy (non-hydrogen) atoms. The van der Waals surface area contributed by atoms with Crippen molar-refractivity contribution in [2.24, 2.45) is 5.73 Å². The number of H-pyrrole nitrogens is 1. The molecule has 2 aromatic carbocycles. The van der Waals surface area contributed by atoms with Gasteiger partial charge in [0.1, 0.15) is 0 Å². The Morgan fingerprint density at radius 1 is 1.12 bits per heavy atom. The number of fused-ring (bicyclic) bond motifs is 1. The lowest BCUT2D eigenvalue weighted by atomic mass is 10.2. The van der Waals surface area contributed by atoms with Gasteiger partial charge >= 0.3 is 18.0 Å². The Morgan fingerprint density at radius 3 is 2.44 bits per heavy atom. The average Bonchev–Trinajstić information content (AvgIpc) is 3.24. The van der Waals surface area contributed by atoms with Gasteiger partial charge in [-0.15, -0.1) is 0 Å². The molecule has 0 bridgehead atoms. The van der Waals surface area contributed by atoms with Crippen LogP contribution in [-0.4, -0.2) is 47.7 Å². The molecule has 2 heterocycles. The maximum absolute atomic E-state index is 12.0. The molecule has 0 aliphatic heterocycles. The van der Waals surface area contributed by atoms with Crippen molar-refractivity contribution in [1.82, 2.24) is 19.5 Å². The van der Waals surface area contributed by atoms with Crippen molar-refractivity contribution in [2.45, 2.75) is 6.54 Å². The maximum atomic E-state index is 12.0. The number of carbonyl (C=O) groups excluding carboxylic acids is 1. The average molecular weight is 483 g/mol. The quantitative estimate of drug-likeness (QED) is 0.322. The van der Waals surface area contributed by atoms with Crippen LogP contribution in [0.2, 0.25) is 5.02 Å². The third-order valence-electron chi connectivity index (χ3n) is 4.89. The molecule has 12 nitrogen and oxygen atoms in total. The fourth-order valence-electron chi connectivity index (χ4n) is 3.26. The van der Waals surface area contributed by atoms with E-state index in [1.54, 1.807) is 6.20 Å². The summed E-state index contributed by atoms with van der Waals surface area (Å²) in [6.45, 7) is -0.0192. The number of carboxylic acid groups (broad SMARTS) is 2. The van der Waals surface area contributed by atoms with Gasteiger partial charge in [0.05, 0.1) is 45.9 Å². The van der Waals surface area contributed by atoms with Gasteiger partial charge in [0.25, 0.3) is 5.56 Å². The fourth-order valence-corrected chi connectivity index (χ4v) is 3.52. The lowest BCUT2D eigenvalue weighted by Gasteiger charge is -2.19. The molecule has 0 unspecified atom stereocenters. The molecule has 0 atom stereocenters. The van der Waals surface area contributed by atoms with Crippen molar-refractivity contribution in [3.63, 3.8) is 0 Å². The Kier molecular flexibility index (Phi) is 5.73. The van der Waals surface area contributed by atoms with E-state index >= 15 is 0 Å². The second kappa shape index (κ2) is 8.67. The molecule has 13 heteroatoms. The van der Waals surface area contributed by atoms with Crippen molar-refractivity contribution < 1.29 is 24.6 Å². The van der Waals surface area contributed by atoms with Crippen molar-refractivity contribution in [1.29, 1.82) is 0 Å². The van der Waals surface area contributed by atoms with Crippen molar-refractivity contribution in [2.75, 3.05) is 4.90 Å². The van der Waals surface area contributed by atoms with Crippen LogP contribution >= 0.6 is 11.6 Å². The topological polar surface area (TPSA) is 184 Å². The molecular weight excluding hydrogens is 468 g/mol. The number of nitrogens with zero attached hydrogens (tertiary/aromatic N) is 4. The standard InChI is InChI=1S/C21H15ClN6O6/c22-13-5-14-15(25-17(20(32)33)18(29)26-14)6-16(13)27-7-11(24-9-27)8-28(21(23)34)12-3-1-10(2-4-12)19(30)31/h1-7,9H,8H2,(H2,23,34)(H,26,29)(H,30,31)(H,32,33). The van der Waals surface area contributed by atoms with Gasteiger partial charge in [0, 0.05) is 11.9 Å². The van der Waals surface area contributed by atoms with E-state index in [0.29, 0.717) is 17.1 Å². The van der Waals surface area contributed by atoms with Crippen LogP contribution in [0.4, 0.5) is 10.5 Å². The number of nitrogens with two attached hydrogens (primary N) is 1. The Balaban J connectivity index is 1.66. The number of rotatable bonds is 6. The summed E-state index contributed by atoms with van der Waals surface area (Å²) in [5, 5.41) is 18.4. The Bertz CT molecular complexity index is 1510. The van der Waals surface area contributed by atoms with Crippen molar-refractivity contribution >= 4 is 46.3 Å². The number of imidazole rings is 1. The maximum Gasteiger partial charge on any atom is 0.360 e. The number of aromatic nitrogens is 4. The third-order valence-corrected chi connectivity index (χ3v) is 5.19. The van der Waals surface area contributed by atoms with Crippen LogP contribution in [0.5, 0.6) is 0 Å². The normalized spacial score (nSPS) is 10.9. The Hall–Kier alpha value is -4.71. The van der Waals surface area contributed by atoms with Gasteiger partial charge < -0.3 is 25.5 Å². The zero-order valence-electron chi connectivity index (χ0n) is 17.1. The van der Waals surface area contributed by atoms with Crippen LogP contribution in [-0.2, 0) is 6.54 Å². The number of hydrogen-bond donors (Lipinski definition) is 4. The highest BCUT2D eigenvalue weighted by atomic mass is 35.5. The number of urea groups is 1. The molecule has 0 saturated heterocycles. The first-order valence-electron chi connectivity index (χ1n) is 9.54. The number of halogens is 1. The van der Waals surface area contributed by atoms with E-state index in [-0.39, 0.29) is 28.2 Å². The zero-order chi connectivity index (χ0) is 24.6. The monoisotopic (exact) mass is 482 g/mol. The number of anilines is 1. The Labute approximate surface area is 194 Å². The largest absolute Gasteiger partial charge is 0.478 e. The molecule has 172 valence electrons. The summed E-state index contributed by atoms with van der Waals surface area (Å²) in [6, 6.07) is 7.77. The van der Waals surface area contributed by atoms with Gasteiger partial charge in [-0.25, -0.2) is 24.4 Å². The molecule has 0 saturated carbocycles. The summed E-state index contributed by atoms with van der Waals surface area (Å²) in [6.07, 6.45) is 3.01. The predicted molar refractivity (Wildman–Crippen MR) is 121 cm³/mol. The first-order chi connectivity index (χ1) is 16.1. The summed E-state index contributed by atoms with van der Waals surface area (Å²) >= 11 is 6.35. The van der Waals surface area contributed by atoms with Gasteiger partial charge in [-0.3, -0.25) is 9.69 Å². The summed E-state index contributed by atoms with van der Waals surface area (Å²) < 4.78 is 1.54. The van der Waals surface area contributed by atoms with Crippen LogP contribution < -0.4 is 16.2 Å². The predicted octanol–water partition coefficient (Wildman–Crippen LogP) is 2.24. The fraction of sp³-hybridized carbons (Fsp3) is 0.0476. The number of hydrogen-bond acceptors (Lipinski definition) is 6. The summed E-state index contributed by atoms with van der Waals surface area (Å²) in [7, 11) is 0. The van der Waals surface area contributed by atoms with Gasteiger partial charge in [0.15, 0.2) is 0 Å². The molecule has 2 amide bonds. The van der Waals surface area contributed by atoms with Crippen LogP contribution in [0, 0.1) is 0 Å².